The fourth-order valence-electron chi connectivity index (χ4n) is 1.43. The summed E-state index contributed by atoms with van der Waals surface area (Å²) < 4.78 is 23.8. The molecule has 0 bridgehead atoms. The van der Waals surface area contributed by atoms with Gasteiger partial charge in [-0.15, -0.1) is 0 Å². The third-order valence-electron chi connectivity index (χ3n) is 2.90. The lowest BCUT2D eigenvalue weighted by Gasteiger charge is -2.21. The molecule has 1 aromatic carbocycles. The van der Waals surface area contributed by atoms with Gasteiger partial charge in [0, 0.05) is 6.54 Å². The lowest BCUT2D eigenvalue weighted by atomic mass is 9.94. The lowest BCUT2D eigenvalue weighted by Crippen LogP contribution is -2.32. The minimum absolute atomic E-state index is 0.00795. The van der Waals surface area contributed by atoms with Gasteiger partial charge in [0.25, 0.3) is 0 Å². The summed E-state index contributed by atoms with van der Waals surface area (Å²) in [4.78, 5) is 11.2. The number of aliphatic carboxylic acids is 1. The normalized spacial score (nSPS) is 12.2. The Bertz CT molecular complexity index is 564. The monoisotopic (exact) mass is 285 g/mol. The van der Waals surface area contributed by atoms with Crippen molar-refractivity contribution in [2.75, 3.05) is 17.6 Å². The van der Waals surface area contributed by atoms with Crippen molar-refractivity contribution in [1.29, 1.82) is 0 Å². The molecule has 0 atom stereocenters. The fraction of sp³-hybridized carbons (Fsp3) is 0.462. The third kappa shape index (κ3) is 3.70. The van der Waals surface area contributed by atoms with Crippen molar-refractivity contribution < 1.29 is 18.3 Å². The summed E-state index contributed by atoms with van der Waals surface area (Å²) in [5.41, 5.74) is -0.526. The molecule has 6 heteroatoms. The Morgan fingerprint density at radius 3 is 2.42 bits per heavy atom. The van der Waals surface area contributed by atoms with E-state index in [0.29, 0.717) is 5.69 Å². The van der Waals surface area contributed by atoms with Crippen molar-refractivity contribution >= 4 is 21.5 Å². The lowest BCUT2D eigenvalue weighted by molar-refractivity contribution is -0.146. The first kappa shape index (κ1) is 15.5. The van der Waals surface area contributed by atoms with Crippen molar-refractivity contribution in [2.24, 2.45) is 5.41 Å². The predicted octanol–water partition coefficient (Wildman–Crippen LogP) is 2.00. The van der Waals surface area contributed by atoms with Crippen LogP contribution in [0.2, 0.25) is 0 Å². The van der Waals surface area contributed by atoms with Crippen LogP contribution in [0.4, 0.5) is 5.69 Å². The molecule has 0 saturated heterocycles. The molecule has 0 aliphatic heterocycles. The molecule has 0 aliphatic carbocycles. The Labute approximate surface area is 113 Å². The van der Waals surface area contributed by atoms with E-state index in [2.05, 4.69) is 5.32 Å². The first-order valence-electron chi connectivity index (χ1n) is 6.00. The highest BCUT2D eigenvalue weighted by Crippen LogP contribution is 2.24. The number of rotatable bonds is 6. The molecule has 1 rings (SSSR count). The van der Waals surface area contributed by atoms with Gasteiger partial charge in [0.05, 0.1) is 21.8 Å². The van der Waals surface area contributed by atoms with Crippen LogP contribution in [0.3, 0.4) is 0 Å². The number of anilines is 1. The van der Waals surface area contributed by atoms with Gasteiger partial charge in [0.1, 0.15) is 0 Å². The van der Waals surface area contributed by atoms with Gasteiger partial charge in [-0.1, -0.05) is 19.1 Å². The molecular formula is C13H19NO4S. The molecule has 1 aromatic rings. The van der Waals surface area contributed by atoms with Crippen LogP contribution in [-0.2, 0) is 14.6 Å². The van der Waals surface area contributed by atoms with Gasteiger partial charge in [-0.25, -0.2) is 8.42 Å². The Balaban J connectivity index is 3.01. The maximum Gasteiger partial charge on any atom is 0.310 e. The van der Waals surface area contributed by atoms with Crippen LogP contribution < -0.4 is 5.32 Å². The van der Waals surface area contributed by atoms with E-state index in [0.717, 1.165) is 0 Å². The summed E-state index contributed by atoms with van der Waals surface area (Å²) in [6.45, 7) is 4.89. The quantitative estimate of drug-likeness (QED) is 0.835. The fourth-order valence-corrected chi connectivity index (χ4v) is 2.50. The minimum Gasteiger partial charge on any atom is -0.481 e. The van der Waals surface area contributed by atoms with E-state index in [9.17, 15) is 13.2 Å². The number of carboxylic acids is 1. The van der Waals surface area contributed by atoms with Crippen molar-refractivity contribution in [3.63, 3.8) is 0 Å². The number of benzene rings is 1. The van der Waals surface area contributed by atoms with Crippen LogP contribution in [-0.4, -0.2) is 31.8 Å². The average Bonchev–Trinajstić information content (AvgIpc) is 2.36. The number of hydrogen-bond donors (Lipinski definition) is 2. The summed E-state index contributed by atoms with van der Waals surface area (Å²) in [7, 11) is -3.33. The van der Waals surface area contributed by atoms with Crippen molar-refractivity contribution in [3.8, 4) is 0 Å². The van der Waals surface area contributed by atoms with Gasteiger partial charge < -0.3 is 10.4 Å². The summed E-state index contributed by atoms with van der Waals surface area (Å²) in [6, 6.07) is 6.52. The zero-order valence-corrected chi connectivity index (χ0v) is 12.1. The smallest absolute Gasteiger partial charge is 0.310 e. The predicted molar refractivity (Wildman–Crippen MR) is 74.1 cm³/mol. The topological polar surface area (TPSA) is 83.5 Å². The second-order valence-corrected chi connectivity index (χ2v) is 7.19. The molecule has 0 unspecified atom stereocenters. The van der Waals surface area contributed by atoms with Gasteiger partial charge in [-0.05, 0) is 26.0 Å². The molecule has 19 heavy (non-hydrogen) atoms. The molecule has 0 radical (unpaired) electrons. The van der Waals surface area contributed by atoms with Crippen LogP contribution in [0, 0.1) is 5.41 Å². The molecular weight excluding hydrogens is 266 g/mol. The average molecular weight is 285 g/mol. The molecule has 0 amide bonds. The SMILES string of the molecule is CCS(=O)(=O)c1ccccc1NCC(C)(C)C(=O)O. The number of hydrogen-bond acceptors (Lipinski definition) is 4. The molecule has 0 aliphatic rings. The van der Waals surface area contributed by atoms with E-state index in [-0.39, 0.29) is 17.2 Å². The second-order valence-electron chi connectivity index (χ2n) is 4.94. The van der Waals surface area contributed by atoms with Gasteiger partial charge in [0.2, 0.25) is 0 Å². The van der Waals surface area contributed by atoms with Crippen LogP contribution in [0.15, 0.2) is 29.2 Å². The van der Waals surface area contributed by atoms with E-state index in [1.807, 2.05) is 0 Å². The highest BCUT2D eigenvalue weighted by Gasteiger charge is 2.27. The van der Waals surface area contributed by atoms with Crippen molar-refractivity contribution in [2.45, 2.75) is 25.7 Å². The number of para-hydroxylation sites is 1. The van der Waals surface area contributed by atoms with E-state index >= 15 is 0 Å². The van der Waals surface area contributed by atoms with E-state index < -0.39 is 21.2 Å². The van der Waals surface area contributed by atoms with Gasteiger partial charge in [-0.2, -0.15) is 0 Å². The summed E-state index contributed by atoms with van der Waals surface area (Å²) in [5, 5.41) is 12.0. The first-order valence-corrected chi connectivity index (χ1v) is 7.65. The molecule has 106 valence electrons. The van der Waals surface area contributed by atoms with Crippen LogP contribution >= 0.6 is 0 Å². The third-order valence-corrected chi connectivity index (χ3v) is 4.69. The minimum atomic E-state index is -3.33. The largest absolute Gasteiger partial charge is 0.481 e. The molecule has 0 fully saturated rings. The first-order chi connectivity index (χ1) is 8.70. The zero-order chi connectivity index (χ0) is 14.7. The maximum absolute atomic E-state index is 11.9. The van der Waals surface area contributed by atoms with Crippen molar-refractivity contribution in [1.82, 2.24) is 0 Å². The van der Waals surface area contributed by atoms with Crippen LogP contribution in [0.25, 0.3) is 0 Å². The summed E-state index contributed by atoms with van der Waals surface area (Å²) in [6.07, 6.45) is 0. The van der Waals surface area contributed by atoms with Gasteiger partial charge in [0.15, 0.2) is 9.84 Å². The highest BCUT2D eigenvalue weighted by molar-refractivity contribution is 7.91. The number of carboxylic acid groups (broad SMARTS) is 1. The summed E-state index contributed by atoms with van der Waals surface area (Å²) in [5.74, 6) is -0.926. The Kier molecular flexibility index (Phi) is 4.57. The number of nitrogens with one attached hydrogen (secondary N) is 1. The number of carbonyl (C=O) groups is 1. The Morgan fingerprint density at radius 2 is 1.89 bits per heavy atom. The van der Waals surface area contributed by atoms with Gasteiger partial charge >= 0.3 is 5.97 Å². The number of sulfone groups is 1. The Morgan fingerprint density at radius 1 is 1.32 bits per heavy atom. The molecule has 2 N–H and O–H groups in total. The molecule has 0 saturated carbocycles. The standard InChI is InChI=1S/C13H19NO4S/c1-4-19(17,18)11-8-6-5-7-10(11)14-9-13(2,3)12(15)16/h5-8,14H,4,9H2,1-3H3,(H,15,16). The second kappa shape index (κ2) is 5.61. The van der Waals surface area contributed by atoms with Crippen molar-refractivity contribution in [3.05, 3.63) is 24.3 Å². The maximum atomic E-state index is 11.9. The summed E-state index contributed by atoms with van der Waals surface area (Å²) >= 11 is 0. The van der Waals surface area contributed by atoms with E-state index in [4.69, 9.17) is 5.11 Å². The molecule has 0 heterocycles. The van der Waals surface area contributed by atoms with Gasteiger partial charge in [-0.3, -0.25) is 4.79 Å². The molecule has 5 nitrogen and oxygen atoms in total. The van der Waals surface area contributed by atoms with Crippen LogP contribution in [0.5, 0.6) is 0 Å². The zero-order valence-electron chi connectivity index (χ0n) is 11.3. The Hall–Kier alpha value is -1.56. The van der Waals surface area contributed by atoms with E-state index in [1.165, 1.54) is 6.07 Å². The van der Waals surface area contributed by atoms with E-state index in [1.54, 1.807) is 39.0 Å². The molecule has 0 spiro atoms. The van der Waals surface area contributed by atoms with Crippen LogP contribution in [0.1, 0.15) is 20.8 Å². The highest BCUT2D eigenvalue weighted by atomic mass is 32.2. The molecule has 0 aromatic heterocycles.